The normalized spacial score (nSPS) is 26.5. The van der Waals surface area contributed by atoms with E-state index in [0.29, 0.717) is 11.8 Å². The second kappa shape index (κ2) is 7.01. The van der Waals surface area contributed by atoms with E-state index in [4.69, 9.17) is 16.3 Å². The summed E-state index contributed by atoms with van der Waals surface area (Å²) in [5, 5.41) is 3.94. The molecule has 0 spiro atoms. The van der Waals surface area contributed by atoms with Gasteiger partial charge < -0.3 is 10.1 Å². The summed E-state index contributed by atoms with van der Waals surface area (Å²) < 4.78 is 5.46. The quantitative estimate of drug-likeness (QED) is 0.893. The van der Waals surface area contributed by atoms with Gasteiger partial charge in [0.25, 0.3) is 0 Å². The van der Waals surface area contributed by atoms with E-state index in [1.165, 1.54) is 18.4 Å². The minimum absolute atomic E-state index is 0.0777. The van der Waals surface area contributed by atoms with Gasteiger partial charge in [-0.2, -0.15) is 0 Å². The number of nitrogens with one attached hydrogen (secondary N) is 1. The van der Waals surface area contributed by atoms with Crippen LogP contribution in [0.1, 0.15) is 50.0 Å². The summed E-state index contributed by atoms with van der Waals surface area (Å²) in [7, 11) is 1.65. The van der Waals surface area contributed by atoms with Crippen molar-refractivity contribution < 1.29 is 9.53 Å². The zero-order valence-corrected chi connectivity index (χ0v) is 13.8. The third kappa shape index (κ3) is 3.47. The van der Waals surface area contributed by atoms with Gasteiger partial charge in [0.15, 0.2) is 0 Å². The molecule has 3 nitrogen and oxygen atoms in total. The molecule has 3 rings (SSSR count). The first-order chi connectivity index (χ1) is 10.7. The Kier molecular flexibility index (Phi) is 5.04. The third-order valence-corrected chi connectivity index (χ3v) is 5.42. The number of halogens is 1. The average Bonchev–Trinajstić information content (AvgIpc) is 2.98. The second-order valence-electron chi connectivity index (χ2n) is 6.63. The van der Waals surface area contributed by atoms with Crippen LogP contribution in [0.4, 0.5) is 0 Å². The van der Waals surface area contributed by atoms with Gasteiger partial charge >= 0.3 is 0 Å². The number of hydrogen-bond acceptors (Lipinski definition) is 2. The van der Waals surface area contributed by atoms with Gasteiger partial charge in [0.05, 0.1) is 0 Å². The maximum absolute atomic E-state index is 12.4. The number of hydrogen-bond donors (Lipinski definition) is 1. The van der Waals surface area contributed by atoms with Crippen LogP contribution in [0.5, 0.6) is 0 Å². The van der Waals surface area contributed by atoms with Crippen molar-refractivity contribution in [2.45, 2.75) is 56.6 Å². The summed E-state index contributed by atoms with van der Waals surface area (Å²) >= 11 is 5.92. The number of benzene rings is 1. The summed E-state index contributed by atoms with van der Waals surface area (Å²) in [5.41, 5.74) is 1.31. The smallest absolute Gasteiger partial charge is 0.249 e. The number of carbonyl (C=O) groups is 1. The largest absolute Gasteiger partial charge is 0.371 e. The number of rotatable bonds is 5. The van der Waals surface area contributed by atoms with Crippen molar-refractivity contribution in [3.63, 3.8) is 0 Å². The highest BCUT2D eigenvalue weighted by atomic mass is 35.5. The molecule has 0 heterocycles. The lowest BCUT2D eigenvalue weighted by molar-refractivity contribution is -0.135. The van der Waals surface area contributed by atoms with Crippen LogP contribution in [0.2, 0.25) is 5.02 Å². The Morgan fingerprint density at radius 1 is 1.23 bits per heavy atom. The summed E-state index contributed by atoms with van der Waals surface area (Å²) in [4.78, 5) is 12.4. The standard InChI is InChI=1S/C18H24ClNO2/c1-22-17(13-4-2-3-5-13)18(21)20-16-10-14(11-16)12-6-8-15(19)9-7-12/h6-9,13-14,16-17H,2-5,10-11H2,1H3,(H,20,21). The highest BCUT2D eigenvalue weighted by molar-refractivity contribution is 6.30. The van der Waals surface area contributed by atoms with Crippen LogP contribution in [0, 0.1) is 5.92 Å². The van der Waals surface area contributed by atoms with E-state index in [1.807, 2.05) is 12.1 Å². The monoisotopic (exact) mass is 321 g/mol. The molecule has 1 aromatic carbocycles. The molecule has 22 heavy (non-hydrogen) atoms. The fraction of sp³-hybridized carbons (Fsp3) is 0.611. The van der Waals surface area contributed by atoms with Crippen molar-refractivity contribution in [2.24, 2.45) is 5.92 Å². The van der Waals surface area contributed by atoms with E-state index in [-0.39, 0.29) is 18.1 Å². The van der Waals surface area contributed by atoms with E-state index in [1.54, 1.807) is 7.11 Å². The van der Waals surface area contributed by atoms with Gasteiger partial charge in [-0.1, -0.05) is 36.6 Å². The molecule has 120 valence electrons. The molecule has 2 fully saturated rings. The van der Waals surface area contributed by atoms with Crippen molar-refractivity contribution in [1.29, 1.82) is 0 Å². The first kappa shape index (κ1) is 15.8. The molecular formula is C18H24ClNO2. The Bertz CT molecular complexity index is 504. The number of ether oxygens (including phenoxy) is 1. The van der Waals surface area contributed by atoms with Gasteiger partial charge in [-0.15, -0.1) is 0 Å². The number of amides is 1. The zero-order valence-electron chi connectivity index (χ0n) is 13.1. The molecule has 0 bridgehead atoms. The van der Waals surface area contributed by atoms with Crippen LogP contribution < -0.4 is 5.32 Å². The molecule has 1 atom stereocenters. The van der Waals surface area contributed by atoms with Gasteiger partial charge in [-0.05, 0) is 55.2 Å². The molecule has 0 radical (unpaired) electrons. The molecule has 1 N–H and O–H groups in total. The molecular weight excluding hydrogens is 298 g/mol. The van der Waals surface area contributed by atoms with E-state index in [0.717, 1.165) is 30.7 Å². The lowest BCUT2D eigenvalue weighted by Gasteiger charge is -2.37. The summed E-state index contributed by atoms with van der Waals surface area (Å²) in [5.74, 6) is 1.01. The maximum atomic E-state index is 12.4. The molecule has 2 saturated carbocycles. The third-order valence-electron chi connectivity index (χ3n) is 5.17. The molecule has 4 heteroatoms. The van der Waals surface area contributed by atoms with Gasteiger partial charge in [0.2, 0.25) is 5.91 Å². The fourth-order valence-electron chi connectivity index (χ4n) is 3.80. The van der Waals surface area contributed by atoms with Crippen LogP contribution in [-0.2, 0) is 9.53 Å². The molecule has 0 aliphatic heterocycles. The minimum Gasteiger partial charge on any atom is -0.371 e. The Balaban J connectivity index is 1.48. The Morgan fingerprint density at radius 2 is 1.86 bits per heavy atom. The van der Waals surface area contributed by atoms with Crippen molar-refractivity contribution in [3.05, 3.63) is 34.9 Å². The fourth-order valence-corrected chi connectivity index (χ4v) is 3.93. The molecule has 1 aromatic rings. The van der Waals surface area contributed by atoms with E-state index in [2.05, 4.69) is 17.4 Å². The maximum Gasteiger partial charge on any atom is 0.249 e. The van der Waals surface area contributed by atoms with E-state index >= 15 is 0 Å². The number of carbonyl (C=O) groups excluding carboxylic acids is 1. The Hall–Kier alpha value is -1.06. The lowest BCUT2D eigenvalue weighted by Crippen LogP contribution is -2.49. The van der Waals surface area contributed by atoms with Crippen molar-refractivity contribution in [3.8, 4) is 0 Å². The second-order valence-corrected chi connectivity index (χ2v) is 7.06. The summed E-state index contributed by atoms with van der Waals surface area (Å²) in [6.07, 6.45) is 6.42. The zero-order chi connectivity index (χ0) is 15.5. The predicted molar refractivity (Wildman–Crippen MR) is 88.1 cm³/mol. The average molecular weight is 322 g/mol. The SMILES string of the molecule is COC(C(=O)NC1CC(c2ccc(Cl)cc2)C1)C1CCCC1. The topological polar surface area (TPSA) is 38.3 Å². The first-order valence-corrected chi connectivity index (χ1v) is 8.64. The van der Waals surface area contributed by atoms with Crippen LogP contribution in [0.3, 0.4) is 0 Å². The van der Waals surface area contributed by atoms with Crippen molar-refractivity contribution in [2.75, 3.05) is 7.11 Å². The molecule has 0 aromatic heterocycles. The molecule has 1 amide bonds. The van der Waals surface area contributed by atoms with Crippen molar-refractivity contribution in [1.82, 2.24) is 5.32 Å². The van der Waals surface area contributed by atoms with Crippen LogP contribution in [-0.4, -0.2) is 25.2 Å². The van der Waals surface area contributed by atoms with Gasteiger partial charge in [-0.25, -0.2) is 0 Å². The number of methoxy groups -OCH3 is 1. The van der Waals surface area contributed by atoms with Gasteiger partial charge in [0, 0.05) is 18.2 Å². The molecule has 2 aliphatic carbocycles. The molecule has 2 aliphatic rings. The predicted octanol–water partition coefficient (Wildman–Crippen LogP) is 3.91. The van der Waals surface area contributed by atoms with Crippen LogP contribution in [0.15, 0.2) is 24.3 Å². The van der Waals surface area contributed by atoms with Crippen LogP contribution in [0.25, 0.3) is 0 Å². The Morgan fingerprint density at radius 3 is 2.45 bits per heavy atom. The van der Waals surface area contributed by atoms with Crippen LogP contribution >= 0.6 is 11.6 Å². The highest BCUT2D eigenvalue weighted by Crippen LogP contribution is 2.37. The highest BCUT2D eigenvalue weighted by Gasteiger charge is 2.35. The van der Waals surface area contributed by atoms with E-state index in [9.17, 15) is 4.79 Å². The first-order valence-electron chi connectivity index (χ1n) is 8.26. The minimum atomic E-state index is -0.267. The van der Waals surface area contributed by atoms with E-state index < -0.39 is 0 Å². The summed E-state index contributed by atoms with van der Waals surface area (Å²) in [6.45, 7) is 0. The lowest BCUT2D eigenvalue weighted by atomic mass is 9.76. The van der Waals surface area contributed by atoms with Crippen molar-refractivity contribution >= 4 is 17.5 Å². The molecule has 1 unspecified atom stereocenters. The van der Waals surface area contributed by atoms with Gasteiger partial charge in [-0.3, -0.25) is 4.79 Å². The Labute approximate surface area is 137 Å². The molecule has 0 saturated heterocycles. The van der Waals surface area contributed by atoms with Gasteiger partial charge in [0.1, 0.15) is 6.10 Å². The summed E-state index contributed by atoms with van der Waals surface area (Å²) in [6, 6.07) is 8.32.